The van der Waals surface area contributed by atoms with Crippen LogP contribution in [-0.4, -0.2) is 12.2 Å². The van der Waals surface area contributed by atoms with Gasteiger partial charge in [0.05, 0.1) is 7.11 Å². The van der Waals surface area contributed by atoms with Crippen LogP contribution in [0.25, 0.3) is 0 Å². The van der Waals surface area contributed by atoms with E-state index in [-0.39, 0.29) is 0 Å². The summed E-state index contributed by atoms with van der Waals surface area (Å²) < 4.78 is 7.00. The van der Waals surface area contributed by atoms with Crippen LogP contribution in [0.3, 0.4) is 0 Å². The summed E-state index contributed by atoms with van der Waals surface area (Å²) in [6, 6.07) is 11.4. The van der Waals surface area contributed by atoms with Gasteiger partial charge in [-0.25, -0.2) is 0 Å². The standard InChI is InChI=1S/C15H14Br2O2/c1-9-7-10(16)3-5-12(9)15(18)13-6-4-11(19-2)8-14(13)17/h3-8,15,18H,1-2H3. The van der Waals surface area contributed by atoms with Gasteiger partial charge in [0.2, 0.25) is 0 Å². The Hall–Kier alpha value is -0.840. The summed E-state index contributed by atoms with van der Waals surface area (Å²) in [4.78, 5) is 0. The fourth-order valence-electron chi connectivity index (χ4n) is 1.97. The molecular weight excluding hydrogens is 372 g/mol. The molecule has 0 amide bonds. The Labute approximate surface area is 129 Å². The molecule has 0 spiro atoms. The van der Waals surface area contributed by atoms with Gasteiger partial charge in [0.1, 0.15) is 11.9 Å². The largest absolute Gasteiger partial charge is 0.497 e. The second kappa shape index (κ2) is 6.07. The number of hydrogen-bond acceptors (Lipinski definition) is 2. The number of rotatable bonds is 3. The zero-order chi connectivity index (χ0) is 14.0. The van der Waals surface area contributed by atoms with E-state index in [1.54, 1.807) is 7.11 Å². The van der Waals surface area contributed by atoms with Crippen LogP contribution in [0.4, 0.5) is 0 Å². The minimum absolute atomic E-state index is 0.659. The SMILES string of the molecule is COc1ccc(C(O)c2ccc(Br)cc2C)c(Br)c1. The molecule has 19 heavy (non-hydrogen) atoms. The Kier molecular flexibility index (Phi) is 4.66. The monoisotopic (exact) mass is 384 g/mol. The third-order valence-electron chi connectivity index (χ3n) is 3.03. The van der Waals surface area contributed by atoms with E-state index >= 15 is 0 Å². The van der Waals surface area contributed by atoms with Crippen LogP contribution < -0.4 is 4.74 Å². The lowest BCUT2D eigenvalue weighted by molar-refractivity contribution is 0.218. The second-order valence-corrected chi connectivity index (χ2v) is 6.06. The lowest BCUT2D eigenvalue weighted by atomic mass is 9.97. The van der Waals surface area contributed by atoms with E-state index in [1.165, 1.54) is 0 Å². The van der Waals surface area contributed by atoms with Gasteiger partial charge in [0.15, 0.2) is 0 Å². The molecular formula is C15H14Br2O2. The van der Waals surface area contributed by atoms with E-state index in [0.717, 1.165) is 31.4 Å². The van der Waals surface area contributed by atoms with Crippen molar-refractivity contribution < 1.29 is 9.84 Å². The van der Waals surface area contributed by atoms with Crippen molar-refractivity contribution in [1.29, 1.82) is 0 Å². The molecule has 0 aliphatic rings. The van der Waals surface area contributed by atoms with Crippen molar-refractivity contribution in [2.45, 2.75) is 13.0 Å². The van der Waals surface area contributed by atoms with Gasteiger partial charge in [-0.2, -0.15) is 0 Å². The molecule has 100 valence electrons. The summed E-state index contributed by atoms with van der Waals surface area (Å²) in [5.74, 6) is 0.760. The highest BCUT2D eigenvalue weighted by molar-refractivity contribution is 9.10. The number of aliphatic hydroxyl groups excluding tert-OH is 1. The molecule has 0 heterocycles. The molecule has 2 aromatic carbocycles. The highest BCUT2D eigenvalue weighted by atomic mass is 79.9. The molecule has 0 bridgehead atoms. The molecule has 2 rings (SSSR count). The Bertz CT molecular complexity index is 597. The van der Waals surface area contributed by atoms with E-state index < -0.39 is 6.10 Å². The van der Waals surface area contributed by atoms with Crippen molar-refractivity contribution in [3.05, 3.63) is 62.0 Å². The smallest absolute Gasteiger partial charge is 0.120 e. The third kappa shape index (κ3) is 3.19. The average Bonchev–Trinajstić information content (AvgIpc) is 2.37. The number of ether oxygens (including phenoxy) is 1. The summed E-state index contributed by atoms with van der Waals surface area (Å²) in [6.45, 7) is 1.99. The minimum Gasteiger partial charge on any atom is -0.497 e. The summed E-state index contributed by atoms with van der Waals surface area (Å²) in [5, 5.41) is 10.5. The maximum Gasteiger partial charge on any atom is 0.120 e. The van der Waals surface area contributed by atoms with Crippen LogP contribution in [0.1, 0.15) is 22.8 Å². The number of methoxy groups -OCH3 is 1. The molecule has 0 aliphatic heterocycles. The van der Waals surface area contributed by atoms with Crippen LogP contribution in [-0.2, 0) is 0 Å². The molecule has 1 N–H and O–H groups in total. The third-order valence-corrected chi connectivity index (χ3v) is 4.21. The fraction of sp³-hybridized carbons (Fsp3) is 0.200. The summed E-state index contributed by atoms with van der Waals surface area (Å²) >= 11 is 6.90. The van der Waals surface area contributed by atoms with E-state index in [2.05, 4.69) is 31.9 Å². The van der Waals surface area contributed by atoms with Crippen molar-refractivity contribution in [2.24, 2.45) is 0 Å². The van der Waals surface area contributed by atoms with Gasteiger partial charge in [0, 0.05) is 8.95 Å². The van der Waals surface area contributed by atoms with Crippen molar-refractivity contribution in [2.75, 3.05) is 7.11 Å². The van der Waals surface area contributed by atoms with Crippen LogP contribution in [0.15, 0.2) is 45.3 Å². The lowest BCUT2D eigenvalue weighted by Gasteiger charge is -2.16. The van der Waals surface area contributed by atoms with E-state index in [1.807, 2.05) is 43.3 Å². The molecule has 0 saturated heterocycles. The van der Waals surface area contributed by atoms with E-state index in [0.29, 0.717) is 0 Å². The summed E-state index contributed by atoms with van der Waals surface area (Å²) in [6.07, 6.45) is -0.659. The zero-order valence-electron chi connectivity index (χ0n) is 10.7. The van der Waals surface area contributed by atoms with Crippen molar-refractivity contribution in [1.82, 2.24) is 0 Å². The molecule has 0 aromatic heterocycles. The normalized spacial score (nSPS) is 12.3. The van der Waals surface area contributed by atoms with E-state index in [4.69, 9.17) is 4.74 Å². The van der Waals surface area contributed by atoms with Crippen molar-refractivity contribution in [3.8, 4) is 5.75 Å². The summed E-state index contributed by atoms with van der Waals surface area (Å²) in [5.41, 5.74) is 2.77. The van der Waals surface area contributed by atoms with Gasteiger partial charge in [-0.3, -0.25) is 0 Å². The topological polar surface area (TPSA) is 29.5 Å². The molecule has 0 aliphatic carbocycles. The average molecular weight is 386 g/mol. The second-order valence-electron chi connectivity index (χ2n) is 4.29. The molecule has 0 fully saturated rings. The van der Waals surface area contributed by atoms with Crippen LogP contribution in [0.2, 0.25) is 0 Å². The number of aliphatic hydroxyl groups is 1. The van der Waals surface area contributed by atoms with Crippen molar-refractivity contribution in [3.63, 3.8) is 0 Å². The molecule has 1 unspecified atom stereocenters. The highest BCUT2D eigenvalue weighted by Gasteiger charge is 2.16. The van der Waals surface area contributed by atoms with Gasteiger partial charge >= 0.3 is 0 Å². The van der Waals surface area contributed by atoms with Gasteiger partial charge in [-0.1, -0.05) is 44.0 Å². The van der Waals surface area contributed by atoms with Gasteiger partial charge in [0.25, 0.3) is 0 Å². The molecule has 4 heteroatoms. The van der Waals surface area contributed by atoms with Crippen molar-refractivity contribution >= 4 is 31.9 Å². The molecule has 0 radical (unpaired) electrons. The predicted molar refractivity (Wildman–Crippen MR) is 83.6 cm³/mol. The number of aryl methyl sites for hydroxylation is 1. The predicted octanol–water partition coefficient (Wildman–Crippen LogP) is 4.61. The Morgan fingerprint density at radius 2 is 1.74 bits per heavy atom. The maximum atomic E-state index is 10.5. The quantitative estimate of drug-likeness (QED) is 0.835. The first-order valence-electron chi connectivity index (χ1n) is 5.80. The Balaban J connectivity index is 2.41. The van der Waals surface area contributed by atoms with Gasteiger partial charge in [-0.05, 0) is 47.9 Å². The maximum absolute atomic E-state index is 10.5. The first-order chi connectivity index (χ1) is 9.02. The first-order valence-corrected chi connectivity index (χ1v) is 7.39. The molecule has 2 nitrogen and oxygen atoms in total. The lowest BCUT2D eigenvalue weighted by Crippen LogP contribution is -2.03. The first kappa shape index (κ1) is 14.6. The minimum atomic E-state index is -0.659. The number of benzene rings is 2. The molecule has 2 aromatic rings. The number of hydrogen-bond donors (Lipinski definition) is 1. The highest BCUT2D eigenvalue weighted by Crippen LogP contribution is 2.33. The zero-order valence-corrected chi connectivity index (χ0v) is 13.8. The Morgan fingerprint density at radius 3 is 2.32 bits per heavy atom. The summed E-state index contributed by atoms with van der Waals surface area (Å²) in [7, 11) is 1.62. The van der Waals surface area contributed by atoms with Gasteiger partial charge < -0.3 is 9.84 Å². The van der Waals surface area contributed by atoms with Crippen LogP contribution in [0, 0.1) is 6.92 Å². The van der Waals surface area contributed by atoms with Gasteiger partial charge in [-0.15, -0.1) is 0 Å². The van der Waals surface area contributed by atoms with Crippen LogP contribution >= 0.6 is 31.9 Å². The van der Waals surface area contributed by atoms with E-state index in [9.17, 15) is 5.11 Å². The van der Waals surface area contributed by atoms with Crippen LogP contribution in [0.5, 0.6) is 5.75 Å². The fourth-order valence-corrected chi connectivity index (χ4v) is 3.02. The molecule has 0 saturated carbocycles. The Morgan fingerprint density at radius 1 is 1.05 bits per heavy atom. The molecule has 1 atom stereocenters. The number of halogens is 2.